The van der Waals surface area contributed by atoms with Gasteiger partial charge < -0.3 is 9.47 Å². The summed E-state index contributed by atoms with van der Waals surface area (Å²) in [6.07, 6.45) is 14.2. The van der Waals surface area contributed by atoms with E-state index in [9.17, 15) is 4.79 Å². The lowest BCUT2D eigenvalue weighted by Crippen LogP contribution is -2.40. The first-order valence-corrected chi connectivity index (χ1v) is 11.7. The number of ether oxygens (including phenoxy) is 2. The van der Waals surface area contributed by atoms with E-state index >= 15 is 0 Å². The van der Waals surface area contributed by atoms with Crippen LogP contribution in [0.5, 0.6) is 0 Å². The Kier molecular flexibility index (Phi) is 9.11. The first-order chi connectivity index (χ1) is 12.8. The molecule has 3 heteroatoms. The third-order valence-corrected chi connectivity index (χ3v) is 6.96. The maximum atomic E-state index is 13.2. The molecule has 2 saturated carbocycles. The molecule has 0 aliphatic heterocycles. The van der Waals surface area contributed by atoms with Gasteiger partial charge in [0.2, 0.25) is 6.29 Å². The summed E-state index contributed by atoms with van der Waals surface area (Å²) in [6.45, 7) is 10.7. The molecular formula is C24H44O3. The molecule has 0 aromatic carbocycles. The Morgan fingerprint density at radius 2 is 1.48 bits per heavy atom. The van der Waals surface area contributed by atoms with E-state index < -0.39 is 5.41 Å². The first kappa shape index (κ1) is 22.7. The number of esters is 1. The monoisotopic (exact) mass is 380 g/mol. The van der Waals surface area contributed by atoms with Crippen LogP contribution < -0.4 is 0 Å². The van der Waals surface area contributed by atoms with Crippen molar-refractivity contribution < 1.29 is 14.3 Å². The van der Waals surface area contributed by atoms with Crippen LogP contribution in [0, 0.1) is 23.2 Å². The molecule has 0 saturated heterocycles. The largest absolute Gasteiger partial charge is 0.435 e. The summed E-state index contributed by atoms with van der Waals surface area (Å²) in [5.41, 5.74) is -0.436. The predicted molar refractivity (Wildman–Crippen MR) is 111 cm³/mol. The van der Waals surface area contributed by atoms with Crippen LogP contribution in [0.4, 0.5) is 0 Å². The van der Waals surface area contributed by atoms with E-state index in [1.54, 1.807) is 0 Å². The molecule has 0 aromatic rings. The molecule has 3 nitrogen and oxygen atoms in total. The van der Waals surface area contributed by atoms with E-state index in [0.29, 0.717) is 11.8 Å². The van der Waals surface area contributed by atoms with Crippen LogP contribution in [0.1, 0.15) is 112 Å². The molecule has 2 unspecified atom stereocenters. The summed E-state index contributed by atoms with van der Waals surface area (Å²) in [5, 5.41) is 0. The second kappa shape index (κ2) is 10.8. The molecule has 0 spiro atoms. The minimum absolute atomic E-state index is 0.0529. The Morgan fingerprint density at radius 1 is 0.926 bits per heavy atom. The van der Waals surface area contributed by atoms with Gasteiger partial charge in [-0.15, -0.1) is 0 Å². The second-order valence-corrected chi connectivity index (χ2v) is 10.1. The second-order valence-electron chi connectivity index (χ2n) is 10.1. The van der Waals surface area contributed by atoms with Crippen LogP contribution in [-0.4, -0.2) is 18.4 Å². The Bertz CT molecular complexity index is 413. The van der Waals surface area contributed by atoms with Crippen molar-refractivity contribution in [2.24, 2.45) is 23.2 Å². The zero-order chi connectivity index (χ0) is 19.9. The molecule has 0 radical (unpaired) electrons. The van der Waals surface area contributed by atoms with Gasteiger partial charge >= 0.3 is 5.97 Å². The topological polar surface area (TPSA) is 35.5 Å². The quantitative estimate of drug-likeness (QED) is 0.323. The fourth-order valence-corrected chi connectivity index (χ4v) is 4.90. The molecule has 0 aromatic heterocycles. The summed E-state index contributed by atoms with van der Waals surface area (Å²) in [7, 11) is 0. The van der Waals surface area contributed by atoms with Gasteiger partial charge in [0, 0.05) is 6.42 Å². The van der Waals surface area contributed by atoms with Gasteiger partial charge in [-0.25, -0.2) is 0 Å². The first-order valence-electron chi connectivity index (χ1n) is 11.7. The normalized spacial score (nSPS) is 23.4. The van der Waals surface area contributed by atoms with E-state index in [2.05, 4.69) is 34.6 Å². The van der Waals surface area contributed by atoms with Crippen LogP contribution in [0.25, 0.3) is 0 Å². The molecule has 158 valence electrons. The van der Waals surface area contributed by atoms with Crippen molar-refractivity contribution in [2.45, 2.75) is 124 Å². The average molecular weight is 381 g/mol. The van der Waals surface area contributed by atoms with Gasteiger partial charge in [-0.3, -0.25) is 4.79 Å². The predicted octanol–water partition coefficient (Wildman–Crippen LogP) is 6.88. The van der Waals surface area contributed by atoms with E-state index in [4.69, 9.17) is 9.47 Å². The molecule has 0 bridgehead atoms. The summed E-state index contributed by atoms with van der Waals surface area (Å²) in [4.78, 5) is 13.2. The fraction of sp³-hybridized carbons (Fsp3) is 0.958. The smallest absolute Gasteiger partial charge is 0.314 e. The lowest BCUT2D eigenvalue weighted by atomic mass is 9.73. The van der Waals surface area contributed by atoms with Crippen LogP contribution >= 0.6 is 0 Å². The van der Waals surface area contributed by atoms with Gasteiger partial charge in [0.15, 0.2) is 0 Å². The maximum absolute atomic E-state index is 13.2. The number of rotatable bonds is 9. The molecule has 2 aliphatic rings. The standard InChI is InChI=1S/C24H44O3/c1-18(2)17-24(5,19(3)4)23(25)27-22(16-20-12-8-6-9-13-20)26-21-14-10-7-11-15-21/h18-22H,6-17H2,1-5H3. The Hall–Kier alpha value is -0.570. The van der Waals surface area contributed by atoms with Crippen LogP contribution in [0.3, 0.4) is 0 Å². The molecule has 27 heavy (non-hydrogen) atoms. The molecule has 2 rings (SSSR count). The van der Waals surface area contributed by atoms with E-state index in [-0.39, 0.29) is 24.3 Å². The summed E-state index contributed by atoms with van der Waals surface area (Å²) < 4.78 is 12.5. The Labute approximate surface area is 168 Å². The molecular weight excluding hydrogens is 336 g/mol. The number of hydrogen-bond acceptors (Lipinski definition) is 3. The molecule has 2 atom stereocenters. The van der Waals surface area contributed by atoms with Crippen LogP contribution in [-0.2, 0) is 14.3 Å². The highest BCUT2D eigenvalue weighted by Gasteiger charge is 2.40. The summed E-state index contributed by atoms with van der Waals surface area (Å²) >= 11 is 0. The van der Waals surface area contributed by atoms with Gasteiger partial charge in [-0.05, 0) is 43.9 Å². The minimum atomic E-state index is -0.436. The van der Waals surface area contributed by atoms with Gasteiger partial charge in [-0.2, -0.15) is 0 Å². The van der Waals surface area contributed by atoms with Gasteiger partial charge in [0.1, 0.15) is 0 Å². The van der Waals surface area contributed by atoms with Gasteiger partial charge in [-0.1, -0.05) is 79.1 Å². The van der Waals surface area contributed by atoms with Crippen molar-refractivity contribution in [3.63, 3.8) is 0 Å². The summed E-state index contributed by atoms with van der Waals surface area (Å²) in [6, 6.07) is 0. The summed E-state index contributed by atoms with van der Waals surface area (Å²) in [5.74, 6) is 1.33. The number of hydrogen-bond donors (Lipinski definition) is 0. The maximum Gasteiger partial charge on any atom is 0.314 e. The number of carbonyl (C=O) groups excluding carboxylic acids is 1. The highest BCUT2D eigenvalue weighted by molar-refractivity contribution is 5.76. The molecule has 0 heterocycles. The third kappa shape index (κ3) is 7.07. The van der Waals surface area contributed by atoms with E-state index in [0.717, 1.165) is 25.7 Å². The van der Waals surface area contributed by atoms with Crippen molar-refractivity contribution >= 4 is 5.97 Å². The zero-order valence-electron chi connectivity index (χ0n) is 18.6. The molecule has 0 N–H and O–H groups in total. The van der Waals surface area contributed by atoms with Gasteiger partial charge in [0.05, 0.1) is 11.5 Å². The highest BCUT2D eigenvalue weighted by atomic mass is 16.7. The lowest BCUT2D eigenvalue weighted by Gasteiger charge is -2.36. The van der Waals surface area contributed by atoms with Crippen molar-refractivity contribution in [1.29, 1.82) is 0 Å². The molecule has 2 aliphatic carbocycles. The van der Waals surface area contributed by atoms with Gasteiger partial charge in [0.25, 0.3) is 0 Å². The van der Waals surface area contributed by atoms with Crippen molar-refractivity contribution in [1.82, 2.24) is 0 Å². The van der Waals surface area contributed by atoms with Crippen LogP contribution in [0.2, 0.25) is 0 Å². The molecule has 0 amide bonds. The minimum Gasteiger partial charge on any atom is -0.435 e. The molecule has 2 fully saturated rings. The van der Waals surface area contributed by atoms with Crippen molar-refractivity contribution in [3.05, 3.63) is 0 Å². The third-order valence-electron chi connectivity index (χ3n) is 6.96. The van der Waals surface area contributed by atoms with Crippen molar-refractivity contribution in [3.8, 4) is 0 Å². The lowest BCUT2D eigenvalue weighted by molar-refractivity contribution is -0.209. The van der Waals surface area contributed by atoms with E-state index in [1.165, 1.54) is 51.4 Å². The Morgan fingerprint density at radius 3 is 2.00 bits per heavy atom. The SMILES string of the molecule is CC(C)CC(C)(C(=O)OC(CC1CCCCC1)OC1CCCCC1)C(C)C. The zero-order valence-corrected chi connectivity index (χ0v) is 18.6. The fourth-order valence-electron chi connectivity index (χ4n) is 4.90. The average Bonchev–Trinajstić information content (AvgIpc) is 2.62. The number of carbonyl (C=O) groups is 1. The van der Waals surface area contributed by atoms with Crippen LogP contribution in [0.15, 0.2) is 0 Å². The highest BCUT2D eigenvalue weighted by Crippen LogP contribution is 2.37. The van der Waals surface area contributed by atoms with Crippen molar-refractivity contribution in [2.75, 3.05) is 0 Å². The van der Waals surface area contributed by atoms with E-state index in [1.807, 2.05) is 0 Å². The Balaban J connectivity index is 2.04.